The van der Waals surface area contributed by atoms with E-state index in [9.17, 15) is 0 Å². The Hall–Kier alpha value is -0.166. The maximum atomic E-state index is 7.17. The Bertz CT molecular complexity index is 1120. The van der Waals surface area contributed by atoms with Crippen LogP contribution in [-0.4, -0.2) is 29.3 Å². The SMILES string of the molecule is C[C@@H](CCC[C@@H](C)[C@H]1CC[C@H]2C3=CC=C4C(C)(C)C(O[Si](C)(C)C(C)(C)C)CC[C@]4(C)[C@H]3CC[C@]12C)CO[Si](C)(C)C(C)(C)C. The second-order valence-electron chi connectivity index (χ2n) is 20.7. The molecule has 0 aromatic carbocycles. The molecule has 2 nitrogen and oxygen atoms in total. The monoisotopic (exact) mass is 657 g/mol. The molecule has 8 atom stereocenters. The van der Waals surface area contributed by atoms with Gasteiger partial charge in [0.15, 0.2) is 16.6 Å². The minimum atomic E-state index is -1.83. The molecule has 3 fully saturated rings. The van der Waals surface area contributed by atoms with Crippen LogP contribution >= 0.6 is 0 Å². The highest BCUT2D eigenvalue weighted by Crippen LogP contribution is 2.68. The average molecular weight is 657 g/mol. The zero-order valence-corrected chi connectivity index (χ0v) is 35.0. The predicted octanol–water partition coefficient (Wildman–Crippen LogP) is 13.0. The van der Waals surface area contributed by atoms with Gasteiger partial charge in [0.1, 0.15) is 0 Å². The van der Waals surface area contributed by atoms with E-state index in [0.717, 1.165) is 30.3 Å². The van der Waals surface area contributed by atoms with Crippen molar-refractivity contribution < 1.29 is 8.85 Å². The Morgan fingerprint density at radius 3 is 2.00 bits per heavy atom. The summed E-state index contributed by atoms with van der Waals surface area (Å²) in [6.07, 6.45) is 17.7. The van der Waals surface area contributed by atoms with Crippen LogP contribution in [0.2, 0.25) is 36.3 Å². The lowest BCUT2D eigenvalue weighted by Gasteiger charge is -2.60. The molecule has 0 aromatic heterocycles. The highest BCUT2D eigenvalue weighted by molar-refractivity contribution is 6.74. The van der Waals surface area contributed by atoms with Crippen molar-refractivity contribution in [3.63, 3.8) is 0 Å². The molecule has 0 radical (unpaired) electrons. The fourth-order valence-electron chi connectivity index (χ4n) is 10.1. The summed E-state index contributed by atoms with van der Waals surface area (Å²) in [6.45, 7) is 40.2. The first-order valence-electron chi connectivity index (χ1n) is 19.1. The van der Waals surface area contributed by atoms with Crippen LogP contribution < -0.4 is 0 Å². The van der Waals surface area contributed by atoms with Gasteiger partial charge in [0.25, 0.3) is 0 Å². The van der Waals surface area contributed by atoms with E-state index in [1.165, 1.54) is 57.8 Å². The van der Waals surface area contributed by atoms with Crippen LogP contribution in [0.1, 0.15) is 141 Å². The molecule has 45 heavy (non-hydrogen) atoms. The first kappa shape index (κ1) is 37.6. The molecule has 0 aromatic rings. The topological polar surface area (TPSA) is 18.5 Å². The molecule has 4 heteroatoms. The van der Waals surface area contributed by atoms with Crippen molar-refractivity contribution in [3.8, 4) is 0 Å². The summed E-state index contributed by atoms with van der Waals surface area (Å²) in [5.41, 5.74) is 4.37. The maximum absolute atomic E-state index is 7.17. The van der Waals surface area contributed by atoms with Gasteiger partial charge in [0.2, 0.25) is 0 Å². The van der Waals surface area contributed by atoms with Crippen LogP contribution in [0.5, 0.6) is 0 Å². The summed E-state index contributed by atoms with van der Waals surface area (Å²) >= 11 is 0. The molecule has 0 aliphatic heterocycles. The summed E-state index contributed by atoms with van der Waals surface area (Å²) in [6, 6.07) is 0. The van der Waals surface area contributed by atoms with Crippen LogP contribution in [0, 0.1) is 45.8 Å². The van der Waals surface area contributed by atoms with Crippen molar-refractivity contribution in [2.24, 2.45) is 45.8 Å². The van der Waals surface area contributed by atoms with E-state index in [2.05, 4.69) is 121 Å². The first-order valence-corrected chi connectivity index (χ1v) is 24.9. The molecule has 4 aliphatic rings. The fourth-order valence-corrected chi connectivity index (χ4v) is 12.7. The van der Waals surface area contributed by atoms with Gasteiger partial charge in [-0.25, -0.2) is 0 Å². The van der Waals surface area contributed by atoms with Gasteiger partial charge in [-0.3, -0.25) is 0 Å². The van der Waals surface area contributed by atoms with Gasteiger partial charge >= 0.3 is 0 Å². The average Bonchev–Trinajstić information content (AvgIpc) is 3.25. The van der Waals surface area contributed by atoms with Crippen molar-refractivity contribution in [2.45, 2.75) is 183 Å². The Morgan fingerprint density at radius 2 is 1.40 bits per heavy atom. The number of hydrogen-bond donors (Lipinski definition) is 0. The van der Waals surface area contributed by atoms with Crippen molar-refractivity contribution >= 4 is 16.6 Å². The van der Waals surface area contributed by atoms with Gasteiger partial charge in [0.05, 0.1) is 6.10 Å². The Balaban J connectivity index is 1.42. The summed E-state index contributed by atoms with van der Waals surface area (Å²) in [5.74, 6) is 3.85. The van der Waals surface area contributed by atoms with E-state index in [1.807, 2.05) is 5.57 Å². The van der Waals surface area contributed by atoms with Crippen molar-refractivity contribution in [1.82, 2.24) is 0 Å². The lowest BCUT2D eigenvalue weighted by Crippen LogP contribution is -2.55. The van der Waals surface area contributed by atoms with Crippen LogP contribution in [-0.2, 0) is 8.85 Å². The molecule has 0 bridgehead atoms. The molecular weight excluding hydrogens is 581 g/mol. The number of rotatable bonds is 10. The number of hydrogen-bond acceptors (Lipinski definition) is 2. The van der Waals surface area contributed by atoms with Crippen LogP contribution in [0.3, 0.4) is 0 Å². The van der Waals surface area contributed by atoms with Crippen LogP contribution in [0.15, 0.2) is 23.3 Å². The van der Waals surface area contributed by atoms with Crippen LogP contribution in [0.25, 0.3) is 0 Å². The number of allylic oxidation sites excluding steroid dienone is 3. The van der Waals surface area contributed by atoms with E-state index >= 15 is 0 Å². The highest BCUT2D eigenvalue weighted by atomic mass is 28.4. The Labute approximate surface area is 283 Å². The molecule has 0 amide bonds. The van der Waals surface area contributed by atoms with E-state index in [-0.39, 0.29) is 15.9 Å². The molecule has 260 valence electrons. The first-order chi connectivity index (χ1) is 20.4. The largest absolute Gasteiger partial charge is 0.417 e. The second-order valence-corrected chi connectivity index (χ2v) is 30.3. The van der Waals surface area contributed by atoms with E-state index in [1.54, 1.807) is 5.57 Å². The lowest BCUT2D eigenvalue weighted by atomic mass is 9.46. The van der Waals surface area contributed by atoms with E-state index in [4.69, 9.17) is 8.85 Å². The third-order valence-corrected chi connectivity index (χ3v) is 24.2. The normalized spacial score (nSPS) is 35.1. The van der Waals surface area contributed by atoms with E-state index in [0.29, 0.717) is 22.5 Å². The minimum Gasteiger partial charge on any atom is -0.417 e. The van der Waals surface area contributed by atoms with Gasteiger partial charge in [-0.2, -0.15) is 0 Å². The molecule has 0 heterocycles. The standard InChI is InChI=1S/C41H76O2Si2/c1-29(28-42-44(13,14)37(3,4)5)18-17-19-30(2)32-21-22-33-31-20-23-35-39(9,10)36(43-45(15,16)38(6,7)8)25-27-41(35,12)34(31)24-26-40(32,33)11/h20,23,29-30,32-34,36H,17-19,21-22,24-28H2,1-16H3/t29-,30+,32+,33-,34-,36?,40+,41+/m0/s1. The molecular formula is C41H76O2Si2. The smallest absolute Gasteiger partial charge is 0.192 e. The van der Waals surface area contributed by atoms with Crippen molar-refractivity contribution in [2.75, 3.05) is 6.61 Å². The van der Waals surface area contributed by atoms with Gasteiger partial charge in [-0.05, 0) is 122 Å². The van der Waals surface area contributed by atoms with Crippen molar-refractivity contribution in [1.29, 1.82) is 0 Å². The van der Waals surface area contributed by atoms with E-state index < -0.39 is 16.6 Å². The van der Waals surface area contributed by atoms with Gasteiger partial charge < -0.3 is 8.85 Å². The predicted molar refractivity (Wildman–Crippen MR) is 202 cm³/mol. The fraction of sp³-hybridized carbons (Fsp3) is 0.902. The second kappa shape index (κ2) is 12.6. The van der Waals surface area contributed by atoms with Crippen molar-refractivity contribution in [3.05, 3.63) is 23.3 Å². The highest BCUT2D eigenvalue weighted by Gasteiger charge is 2.60. The summed E-state index contributed by atoms with van der Waals surface area (Å²) in [7, 11) is -3.48. The third kappa shape index (κ3) is 6.98. The Kier molecular flexibility index (Phi) is 10.6. The molecule has 1 unspecified atom stereocenters. The number of fused-ring (bicyclic) bond motifs is 5. The Morgan fingerprint density at radius 1 is 0.778 bits per heavy atom. The zero-order chi connectivity index (χ0) is 34.0. The molecule has 0 saturated heterocycles. The molecule has 4 rings (SSSR count). The summed E-state index contributed by atoms with van der Waals surface area (Å²) in [5, 5.41) is 0.547. The molecule has 3 saturated carbocycles. The quantitative estimate of drug-likeness (QED) is 0.218. The molecule has 0 N–H and O–H groups in total. The molecule has 0 spiro atoms. The maximum Gasteiger partial charge on any atom is 0.192 e. The van der Waals surface area contributed by atoms with Crippen LogP contribution in [0.4, 0.5) is 0 Å². The summed E-state index contributed by atoms with van der Waals surface area (Å²) in [4.78, 5) is 0. The molecule has 4 aliphatic carbocycles. The lowest BCUT2D eigenvalue weighted by molar-refractivity contribution is -0.0113. The zero-order valence-electron chi connectivity index (χ0n) is 33.0. The minimum absolute atomic E-state index is 0.0882. The third-order valence-electron chi connectivity index (χ3n) is 15.3. The van der Waals surface area contributed by atoms with Gasteiger partial charge in [-0.1, -0.05) is 119 Å². The van der Waals surface area contributed by atoms with Gasteiger partial charge in [-0.15, -0.1) is 0 Å². The van der Waals surface area contributed by atoms with Gasteiger partial charge in [0, 0.05) is 12.0 Å². The summed E-state index contributed by atoms with van der Waals surface area (Å²) < 4.78 is 13.7.